The number of carbonyl (C=O) groups excluding carboxylic acids is 2. The molecule has 6 nitrogen and oxygen atoms in total. The van der Waals surface area contributed by atoms with Crippen LogP contribution in [0, 0.1) is 5.92 Å². The van der Waals surface area contributed by atoms with E-state index >= 15 is 0 Å². The summed E-state index contributed by atoms with van der Waals surface area (Å²) in [6.45, 7) is 0.517. The third-order valence-electron chi connectivity index (χ3n) is 4.96. The smallest absolute Gasteiger partial charge is 0.243 e. The molecule has 2 amide bonds. The average Bonchev–Trinajstić information content (AvgIpc) is 3.14. The van der Waals surface area contributed by atoms with Gasteiger partial charge in [-0.15, -0.1) is 0 Å². The van der Waals surface area contributed by atoms with E-state index in [1.165, 1.54) is 0 Å². The maximum Gasteiger partial charge on any atom is 0.243 e. The van der Waals surface area contributed by atoms with Crippen molar-refractivity contribution in [2.24, 2.45) is 5.92 Å². The van der Waals surface area contributed by atoms with Crippen molar-refractivity contribution in [3.63, 3.8) is 0 Å². The largest absolute Gasteiger partial charge is 0.354 e. The summed E-state index contributed by atoms with van der Waals surface area (Å²) in [6, 6.07) is 8.80. The molecule has 2 saturated heterocycles. The molecule has 2 aliphatic heterocycles. The zero-order chi connectivity index (χ0) is 17.9. The van der Waals surface area contributed by atoms with Crippen LogP contribution in [0.4, 0.5) is 5.69 Å². The Bertz CT molecular complexity index is 733. The Labute approximate surface area is 148 Å². The number of amides is 2. The van der Waals surface area contributed by atoms with Crippen LogP contribution in [-0.4, -0.2) is 44.3 Å². The fraction of sp³-hybridized carbons (Fsp3) is 0.556. The number of carbonyl (C=O) groups is 2. The molecule has 2 unspecified atom stereocenters. The number of anilines is 1. The Morgan fingerprint density at radius 1 is 1.20 bits per heavy atom. The highest BCUT2D eigenvalue weighted by molar-refractivity contribution is 7.91. The first-order valence-electron chi connectivity index (χ1n) is 8.81. The van der Waals surface area contributed by atoms with Crippen molar-refractivity contribution in [1.29, 1.82) is 0 Å². The van der Waals surface area contributed by atoms with Gasteiger partial charge in [-0.2, -0.15) is 0 Å². The topological polar surface area (TPSA) is 83.5 Å². The van der Waals surface area contributed by atoms with Crippen LogP contribution in [-0.2, 0) is 19.4 Å². The van der Waals surface area contributed by atoms with Crippen LogP contribution in [0.25, 0.3) is 0 Å². The third kappa shape index (κ3) is 4.39. The van der Waals surface area contributed by atoms with Crippen molar-refractivity contribution in [1.82, 2.24) is 5.32 Å². The fourth-order valence-corrected chi connectivity index (χ4v) is 5.57. The summed E-state index contributed by atoms with van der Waals surface area (Å²) in [4.78, 5) is 26.2. The predicted molar refractivity (Wildman–Crippen MR) is 96.0 cm³/mol. The van der Waals surface area contributed by atoms with Gasteiger partial charge in [0.2, 0.25) is 11.8 Å². The number of sulfone groups is 1. The van der Waals surface area contributed by atoms with Gasteiger partial charge in [0, 0.05) is 18.7 Å². The molecule has 1 aromatic carbocycles. The lowest BCUT2D eigenvalue weighted by molar-refractivity contribution is -0.123. The van der Waals surface area contributed by atoms with E-state index in [0.717, 1.165) is 24.9 Å². The lowest BCUT2D eigenvalue weighted by atomic mass is 10.0. The fourth-order valence-electron chi connectivity index (χ4n) is 3.66. The van der Waals surface area contributed by atoms with Crippen LogP contribution in [0.3, 0.4) is 0 Å². The van der Waals surface area contributed by atoms with Crippen molar-refractivity contribution in [2.75, 3.05) is 23.0 Å². The zero-order valence-corrected chi connectivity index (χ0v) is 15.0. The first kappa shape index (κ1) is 17.9. The second kappa shape index (κ2) is 7.56. The molecule has 1 N–H and O–H groups in total. The van der Waals surface area contributed by atoms with E-state index in [2.05, 4.69) is 5.32 Å². The van der Waals surface area contributed by atoms with Crippen LogP contribution in [0.2, 0.25) is 0 Å². The van der Waals surface area contributed by atoms with Crippen molar-refractivity contribution in [3.8, 4) is 0 Å². The van der Waals surface area contributed by atoms with E-state index < -0.39 is 15.9 Å². The molecule has 0 aliphatic carbocycles. The maximum atomic E-state index is 12.5. The quantitative estimate of drug-likeness (QED) is 0.776. The zero-order valence-electron chi connectivity index (χ0n) is 14.2. The molecule has 1 aromatic rings. The van der Waals surface area contributed by atoms with Gasteiger partial charge in [-0.25, -0.2) is 8.42 Å². The van der Waals surface area contributed by atoms with Crippen LogP contribution in [0.1, 0.15) is 32.1 Å². The number of rotatable bonds is 6. The number of benzene rings is 1. The van der Waals surface area contributed by atoms with Crippen LogP contribution >= 0.6 is 0 Å². The van der Waals surface area contributed by atoms with Gasteiger partial charge < -0.3 is 5.32 Å². The number of hydrogen-bond acceptors (Lipinski definition) is 4. The summed E-state index contributed by atoms with van der Waals surface area (Å²) in [5.74, 6) is 0.632. The number of nitrogens with zero attached hydrogens (tertiary/aromatic N) is 1. The van der Waals surface area contributed by atoms with Gasteiger partial charge in [-0.3, -0.25) is 14.5 Å². The molecule has 0 aromatic heterocycles. The monoisotopic (exact) mass is 364 g/mol. The molecule has 2 fully saturated rings. The van der Waals surface area contributed by atoms with Gasteiger partial charge in [-0.1, -0.05) is 18.2 Å². The molecule has 2 atom stereocenters. The molecule has 0 bridgehead atoms. The number of hydrogen-bond donors (Lipinski definition) is 1. The molecular weight excluding hydrogens is 340 g/mol. The molecular formula is C18H24N2O4S. The SMILES string of the molecule is O=C(NCCCC1CCS(=O)(=O)C1)C1CCC(=O)N1c1ccccc1. The maximum absolute atomic E-state index is 12.5. The summed E-state index contributed by atoms with van der Waals surface area (Å²) in [6.07, 6.45) is 3.21. The van der Waals surface area contributed by atoms with Gasteiger partial charge in [0.1, 0.15) is 6.04 Å². The van der Waals surface area contributed by atoms with E-state index in [-0.39, 0.29) is 23.5 Å². The molecule has 2 heterocycles. The predicted octanol–water partition coefficient (Wildman–Crippen LogP) is 1.51. The van der Waals surface area contributed by atoms with E-state index in [0.29, 0.717) is 25.1 Å². The first-order chi connectivity index (χ1) is 12.0. The molecule has 0 spiro atoms. The standard InChI is InChI=1S/C18H24N2O4S/c21-17-9-8-16(20(17)15-6-2-1-3-7-15)18(22)19-11-4-5-14-10-12-25(23,24)13-14/h1-3,6-7,14,16H,4-5,8-13H2,(H,19,22). The lowest BCUT2D eigenvalue weighted by Crippen LogP contribution is -2.45. The third-order valence-corrected chi connectivity index (χ3v) is 6.80. The summed E-state index contributed by atoms with van der Waals surface area (Å²) in [7, 11) is -2.84. The average molecular weight is 364 g/mol. The highest BCUT2D eigenvalue weighted by atomic mass is 32.2. The van der Waals surface area contributed by atoms with E-state index in [9.17, 15) is 18.0 Å². The lowest BCUT2D eigenvalue weighted by Gasteiger charge is -2.24. The second-order valence-electron chi connectivity index (χ2n) is 6.86. The summed E-state index contributed by atoms with van der Waals surface area (Å²) in [5, 5.41) is 2.91. The van der Waals surface area contributed by atoms with Gasteiger partial charge in [0.05, 0.1) is 11.5 Å². The Hall–Kier alpha value is -1.89. The Morgan fingerprint density at radius 3 is 2.64 bits per heavy atom. The van der Waals surface area contributed by atoms with Gasteiger partial charge in [-0.05, 0) is 43.7 Å². The minimum Gasteiger partial charge on any atom is -0.354 e. The minimum absolute atomic E-state index is 0.0255. The molecule has 2 aliphatic rings. The highest BCUT2D eigenvalue weighted by Gasteiger charge is 2.36. The normalized spacial score (nSPS) is 25.3. The van der Waals surface area contributed by atoms with Crippen molar-refractivity contribution in [3.05, 3.63) is 30.3 Å². The van der Waals surface area contributed by atoms with Crippen molar-refractivity contribution in [2.45, 2.75) is 38.1 Å². The van der Waals surface area contributed by atoms with Gasteiger partial charge in [0.15, 0.2) is 9.84 Å². The molecule has 3 rings (SSSR count). The first-order valence-corrected chi connectivity index (χ1v) is 10.6. The van der Waals surface area contributed by atoms with Gasteiger partial charge >= 0.3 is 0 Å². The van der Waals surface area contributed by atoms with Crippen LogP contribution in [0.15, 0.2) is 30.3 Å². The van der Waals surface area contributed by atoms with Crippen LogP contribution < -0.4 is 10.2 Å². The van der Waals surface area contributed by atoms with Crippen LogP contribution in [0.5, 0.6) is 0 Å². The summed E-state index contributed by atoms with van der Waals surface area (Å²) in [5.41, 5.74) is 0.751. The summed E-state index contributed by atoms with van der Waals surface area (Å²) < 4.78 is 22.9. The Kier molecular flexibility index (Phi) is 5.42. The second-order valence-corrected chi connectivity index (χ2v) is 9.08. The summed E-state index contributed by atoms with van der Waals surface area (Å²) >= 11 is 0. The minimum atomic E-state index is -2.84. The van der Waals surface area contributed by atoms with Crippen molar-refractivity contribution < 1.29 is 18.0 Å². The molecule has 25 heavy (non-hydrogen) atoms. The Balaban J connectivity index is 1.48. The van der Waals surface area contributed by atoms with E-state index in [1.807, 2.05) is 30.3 Å². The molecule has 0 radical (unpaired) electrons. The van der Waals surface area contributed by atoms with Gasteiger partial charge in [0.25, 0.3) is 0 Å². The van der Waals surface area contributed by atoms with E-state index in [4.69, 9.17) is 0 Å². The van der Waals surface area contributed by atoms with E-state index in [1.54, 1.807) is 4.90 Å². The molecule has 136 valence electrons. The number of nitrogens with one attached hydrogen (secondary N) is 1. The molecule has 7 heteroatoms. The Morgan fingerprint density at radius 2 is 1.96 bits per heavy atom. The highest BCUT2D eigenvalue weighted by Crippen LogP contribution is 2.26. The molecule has 0 saturated carbocycles. The van der Waals surface area contributed by atoms with Crippen molar-refractivity contribution >= 4 is 27.3 Å². The number of para-hydroxylation sites is 1.